The quantitative estimate of drug-likeness (QED) is 0.659. The fourth-order valence-electron chi connectivity index (χ4n) is 1.58. The van der Waals surface area contributed by atoms with Gasteiger partial charge in [-0.25, -0.2) is 10.2 Å². The van der Waals surface area contributed by atoms with Gasteiger partial charge in [0.05, 0.1) is 17.3 Å². The lowest BCUT2D eigenvalue weighted by atomic mass is 10.1. The number of carbonyl (C=O) groups excluding carboxylic acids is 1. The summed E-state index contributed by atoms with van der Waals surface area (Å²) < 4.78 is 0.684. The second-order valence-corrected chi connectivity index (χ2v) is 4.96. The highest BCUT2D eigenvalue weighted by molar-refractivity contribution is 9.10. The maximum absolute atomic E-state index is 11.9. The minimum Gasteiger partial charge on any atom is -0.478 e. The van der Waals surface area contributed by atoms with Crippen molar-refractivity contribution in [1.82, 2.24) is 5.43 Å². The van der Waals surface area contributed by atoms with Gasteiger partial charge in [0, 0.05) is 4.47 Å². The molecule has 5 nitrogen and oxygen atoms in total. The Bertz CT molecular complexity index is 696. The zero-order chi connectivity index (χ0) is 15.2. The van der Waals surface area contributed by atoms with Crippen molar-refractivity contribution in [3.05, 3.63) is 69.7 Å². The minimum atomic E-state index is -0.985. The molecule has 2 aromatic carbocycles. The number of amides is 1. The second kappa shape index (κ2) is 6.81. The molecule has 2 N–H and O–H groups in total. The summed E-state index contributed by atoms with van der Waals surface area (Å²) in [5.74, 6) is -1.32. The number of halogens is 1. The van der Waals surface area contributed by atoms with Crippen LogP contribution in [0, 0.1) is 0 Å². The van der Waals surface area contributed by atoms with Crippen LogP contribution in [-0.2, 0) is 0 Å². The first-order valence-corrected chi connectivity index (χ1v) is 6.78. The summed E-state index contributed by atoms with van der Waals surface area (Å²) in [5, 5.41) is 12.6. The zero-order valence-electron chi connectivity index (χ0n) is 10.8. The predicted octanol–water partition coefficient (Wildman–Crippen LogP) is 2.91. The van der Waals surface area contributed by atoms with Gasteiger partial charge in [-0.15, -0.1) is 0 Å². The number of rotatable bonds is 4. The summed E-state index contributed by atoms with van der Waals surface area (Å²) in [4.78, 5) is 22.6. The van der Waals surface area contributed by atoms with Crippen LogP contribution in [0.3, 0.4) is 0 Å². The van der Waals surface area contributed by atoms with E-state index in [2.05, 4.69) is 26.5 Å². The number of hydrazone groups is 1. The van der Waals surface area contributed by atoms with Gasteiger partial charge in [0.15, 0.2) is 0 Å². The number of aromatic carboxylic acids is 1. The summed E-state index contributed by atoms with van der Waals surface area (Å²) >= 11 is 3.29. The molecule has 0 unspecified atom stereocenters. The second-order valence-electron chi connectivity index (χ2n) is 4.11. The van der Waals surface area contributed by atoms with Gasteiger partial charge < -0.3 is 5.11 Å². The molecule has 0 aromatic heterocycles. The minimum absolute atomic E-state index is 0.199. The molecular weight excluding hydrogens is 336 g/mol. The van der Waals surface area contributed by atoms with E-state index in [4.69, 9.17) is 5.11 Å². The van der Waals surface area contributed by atoms with E-state index in [1.165, 1.54) is 18.3 Å². The highest BCUT2D eigenvalue weighted by Gasteiger charge is 2.07. The normalized spacial score (nSPS) is 10.5. The molecule has 0 atom stereocenters. The van der Waals surface area contributed by atoms with E-state index in [9.17, 15) is 9.59 Å². The van der Waals surface area contributed by atoms with Crippen LogP contribution in [0.15, 0.2) is 58.1 Å². The largest absolute Gasteiger partial charge is 0.478 e. The Hall–Kier alpha value is -2.47. The molecule has 0 aliphatic carbocycles. The van der Waals surface area contributed by atoms with E-state index in [-0.39, 0.29) is 11.5 Å². The Morgan fingerprint density at radius 2 is 1.76 bits per heavy atom. The molecule has 0 aliphatic rings. The Morgan fingerprint density at radius 3 is 2.38 bits per heavy atom. The third-order valence-electron chi connectivity index (χ3n) is 2.66. The average Bonchev–Trinajstić information content (AvgIpc) is 2.48. The van der Waals surface area contributed by atoms with Crippen LogP contribution in [-0.4, -0.2) is 23.2 Å². The van der Waals surface area contributed by atoms with Crippen LogP contribution in [0.4, 0.5) is 0 Å². The zero-order valence-corrected chi connectivity index (χ0v) is 12.4. The molecule has 0 fully saturated rings. The van der Waals surface area contributed by atoms with Crippen molar-refractivity contribution < 1.29 is 14.7 Å². The Kier molecular flexibility index (Phi) is 4.84. The van der Waals surface area contributed by atoms with E-state index < -0.39 is 5.97 Å². The molecule has 0 saturated carbocycles. The van der Waals surface area contributed by atoms with Crippen molar-refractivity contribution >= 4 is 34.0 Å². The molecule has 0 radical (unpaired) electrons. The number of nitrogens with one attached hydrogen (secondary N) is 1. The highest BCUT2D eigenvalue weighted by Crippen LogP contribution is 2.15. The lowest BCUT2D eigenvalue weighted by Gasteiger charge is -2.02. The molecule has 0 saturated heterocycles. The SMILES string of the molecule is O=C(O)c1ccc(/C=N/NC(=O)c2ccccc2Br)cc1. The van der Waals surface area contributed by atoms with Crippen molar-refractivity contribution in [2.45, 2.75) is 0 Å². The monoisotopic (exact) mass is 346 g/mol. The van der Waals surface area contributed by atoms with Gasteiger partial charge in [-0.2, -0.15) is 5.10 Å². The summed E-state index contributed by atoms with van der Waals surface area (Å²) in [6.07, 6.45) is 1.44. The van der Waals surface area contributed by atoms with Gasteiger partial charge in [0.2, 0.25) is 0 Å². The van der Waals surface area contributed by atoms with Crippen LogP contribution < -0.4 is 5.43 Å². The smallest absolute Gasteiger partial charge is 0.335 e. The first-order valence-electron chi connectivity index (χ1n) is 5.99. The van der Waals surface area contributed by atoms with E-state index >= 15 is 0 Å². The van der Waals surface area contributed by atoms with Crippen LogP contribution in [0.5, 0.6) is 0 Å². The van der Waals surface area contributed by atoms with Gasteiger partial charge in [0.1, 0.15) is 0 Å². The standard InChI is InChI=1S/C15H11BrN2O3/c16-13-4-2-1-3-12(13)14(19)18-17-9-10-5-7-11(8-6-10)15(20)21/h1-9H,(H,18,19)(H,20,21)/b17-9+. The van der Waals surface area contributed by atoms with Crippen molar-refractivity contribution in [2.24, 2.45) is 5.10 Å². The molecule has 0 bridgehead atoms. The Balaban J connectivity index is 2.01. The van der Waals surface area contributed by atoms with Gasteiger partial charge in [0.25, 0.3) is 5.91 Å². The number of carbonyl (C=O) groups is 2. The first kappa shape index (κ1) is 14.9. The van der Waals surface area contributed by atoms with Gasteiger partial charge >= 0.3 is 5.97 Å². The number of nitrogens with zero attached hydrogens (tertiary/aromatic N) is 1. The maximum atomic E-state index is 11.9. The van der Waals surface area contributed by atoms with E-state index in [0.29, 0.717) is 15.6 Å². The van der Waals surface area contributed by atoms with E-state index in [1.54, 1.807) is 30.3 Å². The summed E-state index contributed by atoms with van der Waals surface area (Å²) in [5.41, 5.74) is 3.78. The molecule has 0 heterocycles. The molecule has 2 rings (SSSR count). The molecule has 6 heteroatoms. The number of hydrogen-bond acceptors (Lipinski definition) is 3. The lowest BCUT2D eigenvalue weighted by molar-refractivity contribution is 0.0696. The number of carboxylic acid groups (broad SMARTS) is 1. The molecule has 1 amide bonds. The van der Waals surface area contributed by atoms with Gasteiger partial charge in [-0.3, -0.25) is 4.79 Å². The maximum Gasteiger partial charge on any atom is 0.335 e. The average molecular weight is 347 g/mol. The molecular formula is C15H11BrN2O3. The first-order chi connectivity index (χ1) is 10.1. The number of hydrogen-bond donors (Lipinski definition) is 2. The molecule has 106 valence electrons. The number of benzene rings is 2. The van der Waals surface area contributed by atoms with Crippen molar-refractivity contribution in [3.63, 3.8) is 0 Å². The van der Waals surface area contributed by atoms with Gasteiger partial charge in [-0.05, 0) is 45.8 Å². The summed E-state index contributed by atoms with van der Waals surface area (Å²) in [6.45, 7) is 0. The fraction of sp³-hybridized carbons (Fsp3) is 0. The third kappa shape index (κ3) is 4.00. The Morgan fingerprint density at radius 1 is 1.10 bits per heavy atom. The van der Waals surface area contributed by atoms with Gasteiger partial charge in [-0.1, -0.05) is 24.3 Å². The van der Waals surface area contributed by atoms with Crippen molar-refractivity contribution in [1.29, 1.82) is 0 Å². The molecule has 0 aliphatic heterocycles. The topological polar surface area (TPSA) is 78.8 Å². The molecule has 2 aromatic rings. The summed E-state index contributed by atoms with van der Waals surface area (Å²) in [6, 6.07) is 13.2. The van der Waals surface area contributed by atoms with Crippen LogP contribution in [0.1, 0.15) is 26.3 Å². The van der Waals surface area contributed by atoms with Crippen LogP contribution >= 0.6 is 15.9 Å². The third-order valence-corrected chi connectivity index (χ3v) is 3.35. The molecule has 0 spiro atoms. The lowest BCUT2D eigenvalue weighted by Crippen LogP contribution is -2.18. The van der Waals surface area contributed by atoms with Crippen molar-refractivity contribution in [3.8, 4) is 0 Å². The highest BCUT2D eigenvalue weighted by atomic mass is 79.9. The van der Waals surface area contributed by atoms with Crippen molar-refractivity contribution in [2.75, 3.05) is 0 Å². The molecule has 21 heavy (non-hydrogen) atoms. The van der Waals surface area contributed by atoms with E-state index in [0.717, 1.165) is 0 Å². The fourth-order valence-corrected chi connectivity index (χ4v) is 2.05. The number of carboxylic acids is 1. The Labute approximate surface area is 129 Å². The van der Waals surface area contributed by atoms with Crippen LogP contribution in [0.2, 0.25) is 0 Å². The summed E-state index contributed by atoms with van der Waals surface area (Å²) in [7, 11) is 0. The predicted molar refractivity (Wildman–Crippen MR) is 82.6 cm³/mol. The van der Waals surface area contributed by atoms with E-state index in [1.807, 2.05) is 6.07 Å². The van der Waals surface area contributed by atoms with Crippen LogP contribution in [0.25, 0.3) is 0 Å².